The highest BCUT2D eigenvalue weighted by molar-refractivity contribution is 9.13. The van der Waals surface area contributed by atoms with Gasteiger partial charge in [-0.15, -0.1) is 0 Å². The van der Waals surface area contributed by atoms with Crippen molar-refractivity contribution in [3.05, 3.63) is 55.1 Å². The molecule has 0 unspecified atom stereocenters. The lowest BCUT2D eigenvalue weighted by Gasteiger charge is -2.10. The van der Waals surface area contributed by atoms with E-state index in [-0.39, 0.29) is 0 Å². The lowest BCUT2D eigenvalue weighted by molar-refractivity contribution is 0.620. The van der Waals surface area contributed by atoms with Crippen molar-refractivity contribution in [3.8, 4) is 11.1 Å². The highest BCUT2D eigenvalue weighted by Crippen LogP contribution is 2.41. The van der Waals surface area contributed by atoms with Crippen LogP contribution in [0.3, 0.4) is 0 Å². The molecule has 0 heterocycles. The Labute approximate surface area is 125 Å². The van der Waals surface area contributed by atoms with E-state index >= 15 is 0 Å². The third-order valence-electron chi connectivity index (χ3n) is 2.27. The van der Waals surface area contributed by atoms with Crippen LogP contribution in [0.2, 0.25) is 10.0 Å². The second kappa shape index (κ2) is 5.27. The molecule has 17 heavy (non-hydrogen) atoms. The zero-order valence-electron chi connectivity index (χ0n) is 8.28. The molecule has 0 amide bonds. The lowest BCUT2D eigenvalue weighted by atomic mass is 10.1. The average Bonchev–Trinajstić information content (AvgIpc) is 2.32. The van der Waals surface area contributed by atoms with E-state index < -0.39 is 5.82 Å². The minimum absolute atomic E-state index is 0.304. The highest BCUT2D eigenvalue weighted by atomic mass is 79.9. The molecule has 0 aliphatic heterocycles. The molecule has 0 spiro atoms. The Bertz CT molecular complexity index is 585. The smallest absolute Gasteiger partial charge is 0.139 e. The van der Waals surface area contributed by atoms with E-state index in [0.717, 1.165) is 0 Å². The van der Waals surface area contributed by atoms with Crippen LogP contribution in [0.4, 0.5) is 4.39 Å². The maximum absolute atomic E-state index is 13.7. The van der Waals surface area contributed by atoms with Crippen LogP contribution in [0.5, 0.6) is 0 Å². The zero-order valence-corrected chi connectivity index (χ0v) is 13.0. The SMILES string of the molecule is Fc1cc(-c2ccccc2Cl)c(Cl)c(Br)c1Br. The fraction of sp³-hybridized carbons (Fsp3) is 0. The van der Waals surface area contributed by atoms with E-state index in [1.54, 1.807) is 12.1 Å². The van der Waals surface area contributed by atoms with Gasteiger partial charge in [-0.05, 0) is 44.0 Å². The first kappa shape index (κ1) is 13.3. The Morgan fingerprint density at radius 1 is 0.941 bits per heavy atom. The molecule has 88 valence electrons. The van der Waals surface area contributed by atoms with Gasteiger partial charge in [0, 0.05) is 16.1 Å². The molecule has 2 rings (SSSR count). The number of halogens is 5. The van der Waals surface area contributed by atoms with Crippen molar-refractivity contribution in [2.75, 3.05) is 0 Å². The number of rotatable bonds is 1. The number of benzene rings is 2. The van der Waals surface area contributed by atoms with Crippen LogP contribution in [-0.4, -0.2) is 0 Å². The fourth-order valence-electron chi connectivity index (χ4n) is 1.45. The minimum Gasteiger partial charge on any atom is -0.206 e. The molecule has 0 aliphatic rings. The number of hydrogen-bond acceptors (Lipinski definition) is 0. The Kier molecular flexibility index (Phi) is 4.14. The fourth-order valence-corrected chi connectivity index (χ4v) is 2.77. The summed E-state index contributed by atoms with van der Waals surface area (Å²) in [6, 6.07) is 8.53. The van der Waals surface area contributed by atoms with Crippen molar-refractivity contribution < 1.29 is 4.39 Å². The zero-order chi connectivity index (χ0) is 12.6. The predicted molar refractivity (Wildman–Crippen MR) is 77.3 cm³/mol. The largest absolute Gasteiger partial charge is 0.206 e. The van der Waals surface area contributed by atoms with E-state index in [9.17, 15) is 4.39 Å². The molecule has 0 saturated carbocycles. The van der Waals surface area contributed by atoms with Gasteiger partial charge >= 0.3 is 0 Å². The Morgan fingerprint density at radius 2 is 1.59 bits per heavy atom. The van der Waals surface area contributed by atoms with Crippen molar-refractivity contribution in [3.63, 3.8) is 0 Å². The Balaban J connectivity index is 2.73. The molecule has 0 fully saturated rings. The summed E-state index contributed by atoms with van der Waals surface area (Å²) >= 11 is 18.6. The van der Waals surface area contributed by atoms with E-state index in [1.165, 1.54) is 6.07 Å². The minimum atomic E-state index is -0.392. The topological polar surface area (TPSA) is 0 Å². The Hall–Kier alpha value is -0.0900. The maximum atomic E-state index is 13.7. The molecule has 0 aromatic heterocycles. The van der Waals surface area contributed by atoms with Gasteiger partial charge < -0.3 is 0 Å². The summed E-state index contributed by atoms with van der Waals surface area (Å²) in [6.07, 6.45) is 0. The summed E-state index contributed by atoms with van der Waals surface area (Å²) < 4.78 is 14.4. The molecule has 0 nitrogen and oxygen atoms in total. The molecule has 0 N–H and O–H groups in total. The van der Waals surface area contributed by atoms with Crippen LogP contribution >= 0.6 is 55.1 Å². The molecule has 0 saturated heterocycles. The molecule has 0 radical (unpaired) electrons. The van der Waals surface area contributed by atoms with Crippen LogP contribution in [0.25, 0.3) is 11.1 Å². The first-order valence-electron chi connectivity index (χ1n) is 4.60. The molecule has 0 atom stereocenters. The van der Waals surface area contributed by atoms with Crippen molar-refractivity contribution in [2.24, 2.45) is 0 Å². The van der Waals surface area contributed by atoms with Crippen molar-refractivity contribution in [2.45, 2.75) is 0 Å². The van der Waals surface area contributed by atoms with E-state index in [0.29, 0.717) is 30.1 Å². The predicted octanol–water partition coefficient (Wildman–Crippen LogP) is 6.32. The first-order chi connectivity index (χ1) is 8.02. The van der Waals surface area contributed by atoms with Crippen LogP contribution in [0, 0.1) is 5.82 Å². The first-order valence-corrected chi connectivity index (χ1v) is 6.94. The van der Waals surface area contributed by atoms with Crippen LogP contribution in [-0.2, 0) is 0 Å². The van der Waals surface area contributed by atoms with E-state index in [2.05, 4.69) is 31.9 Å². The third-order valence-corrected chi connectivity index (χ3v) is 5.32. The highest BCUT2D eigenvalue weighted by Gasteiger charge is 2.16. The van der Waals surface area contributed by atoms with Crippen molar-refractivity contribution in [1.82, 2.24) is 0 Å². The molecular formula is C12H5Br2Cl2F. The van der Waals surface area contributed by atoms with E-state index in [4.69, 9.17) is 23.2 Å². The van der Waals surface area contributed by atoms with Gasteiger partial charge in [-0.3, -0.25) is 0 Å². The normalized spacial score (nSPS) is 10.6. The molecule has 2 aromatic carbocycles. The summed E-state index contributed by atoms with van der Waals surface area (Å²) in [5.74, 6) is -0.392. The average molecular weight is 399 g/mol. The number of hydrogen-bond donors (Lipinski definition) is 0. The van der Waals surface area contributed by atoms with Gasteiger partial charge in [0.05, 0.1) is 14.0 Å². The monoisotopic (exact) mass is 396 g/mol. The van der Waals surface area contributed by atoms with Crippen molar-refractivity contribution in [1.29, 1.82) is 0 Å². The summed E-state index contributed by atoms with van der Waals surface area (Å²) in [5.41, 5.74) is 1.26. The van der Waals surface area contributed by atoms with Gasteiger partial charge in [-0.1, -0.05) is 41.4 Å². The standard InChI is InChI=1S/C12H5Br2Cl2F/c13-10-9(17)5-7(12(16)11(10)14)6-3-1-2-4-8(6)15/h1-5H. The second-order valence-electron chi connectivity index (χ2n) is 3.33. The summed E-state index contributed by atoms with van der Waals surface area (Å²) in [6.45, 7) is 0. The molecular weight excluding hydrogens is 394 g/mol. The summed E-state index contributed by atoms with van der Waals surface area (Å²) in [5, 5.41) is 0.953. The van der Waals surface area contributed by atoms with Gasteiger partial charge in [-0.25, -0.2) is 4.39 Å². The molecule has 0 bridgehead atoms. The van der Waals surface area contributed by atoms with Gasteiger partial charge in [0.2, 0.25) is 0 Å². The molecule has 5 heteroatoms. The maximum Gasteiger partial charge on any atom is 0.139 e. The molecule has 2 aromatic rings. The van der Waals surface area contributed by atoms with E-state index in [1.807, 2.05) is 12.1 Å². The van der Waals surface area contributed by atoms with Gasteiger partial charge in [0.25, 0.3) is 0 Å². The van der Waals surface area contributed by atoms with Gasteiger partial charge in [0.15, 0.2) is 0 Å². The van der Waals surface area contributed by atoms with Crippen LogP contribution in [0.15, 0.2) is 39.3 Å². The second-order valence-corrected chi connectivity index (χ2v) is 5.70. The van der Waals surface area contributed by atoms with Crippen molar-refractivity contribution >= 4 is 55.1 Å². The summed E-state index contributed by atoms with van der Waals surface area (Å²) in [7, 11) is 0. The quantitative estimate of drug-likeness (QED) is 0.389. The summed E-state index contributed by atoms with van der Waals surface area (Å²) in [4.78, 5) is 0. The molecule has 0 aliphatic carbocycles. The third kappa shape index (κ3) is 2.53. The van der Waals surface area contributed by atoms with Gasteiger partial charge in [0.1, 0.15) is 5.82 Å². The van der Waals surface area contributed by atoms with Crippen LogP contribution in [0.1, 0.15) is 0 Å². The lowest BCUT2D eigenvalue weighted by Crippen LogP contribution is -1.87. The Morgan fingerprint density at radius 3 is 2.24 bits per heavy atom. The van der Waals surface area contributed by atoms with Gasteiger partial charge in [-0.2, -0.15) is 0 Å². The van der Waals surface area contributed by atoms with Crippen LogP contribution < -0.4 is 0 Å².